The first-order chi connectivity index (χ1) is 9.95. The summed E-state index contributed by atoms with van der Waals surface area (Å²) in [7, 11) is -3.62. The van der Waals surface area contributed by atoms with E-state index in [2.05, 4.69) is 14.4 Å². The second-order valence-corrected chi connectivity index (χ2v) is 6.24. The molecule has 1 aromatic carbocycles. The third kappa shape index (κ3) is 2.57. The van der Waals surface area contributed by atoms with E-state index in [9.17, 15) is 8.42 Å². The van der Waals surface area contributed by atoms with E-state index in [-0.39, 0.29) is 4.90 Å². The van der Waals surface area contributed by atoms with Gasteiger partial charge in [0.15, 0.2) is 5.82 Å². The Kier molecular flexibility index (Phi) is 3.09. The summed E-state index contributed by atoms with van der Waals surface area (Å²) in [6.45, 7) is 2.12. The van der Waals surface area contributed by atoms with Crippen molar-refractivity contribution in [1.29, 1.82) is 0 Å². The number of nitrogen functional groups attached to an aromatic ring is 1. The van der Waals surface area contributed by atoms with E-state index in [0.717, 1.165) is 5.69 Å². The van der Waals surface area contributed by atoms with E-state index in [0.29, 0.717) is 23.9 Å². The molecule has 3 rings (SSSR count). The normalized spacial score (nSPS) is 15.8. The summed E-state index contributed by atoms with van der Waals surface area (Å²) in [5.41, 5.74) is 7.01. The van der Waals surface area contributed by atoms with E-state index in [1.165, 1.54) is 12.4 Å². The lowest BCUT2D eigenvalue weighted by molar-refractivity contribution is 0.597. The van der Waals surface area contributed by atoms with Crippen molar-refractivity contribution >= 4 is 27.9 Å². The van der Waals surface area contributed by atoms with Crippen LogP contribution in [-0.4, -0.2) is 24.7 Å². The summed E-state index contributed by atoms with van der Waals surface area (Å²) in [4.78, 5) is 10.3. The van der Waals surface area contributed by atoms with Crippen LogP contribution < -0.4 is 10.6 Å². The van der Waals surface area contributed by atoms with Crippen molar-refractivity contribution in [2.24, 2.45) is 4.40 Å². The molecule has 0 bridgehead atoms. The largest absolute Gasteiger partial charge is 0.384 e. The van der Waals surface area contributed by atoms with Crippen molar-refractivity contribution in [2.75, 3.05) is 10.6 Å². The molecular weight excluding hydrogens is 290 g/mol. The van der Waals surface area contributed by atoms with Gasteiger partial charge in [-0.25, -0.2) is 9.97 Å². The van der Waals surface area contributed by atoms with Crippen molar-refractivity contribution in [3.05, 3.63) is 41.9 Å². The fraction of sp³-hybridized carbons (Fsp3) is 0.154. The molecule has 1 aliphatic rings. The average molecular weight is 303 g/mol. The molecule has 1 aliphatic heterocycles. The molecule has 2 aromatic rings. The number of nitrogens with two attached hydrogens (primary N) is 1. The van der Waals surface area contributed by atoms with Crippen molar-refractivity contribution in [3.63, 3.8) is 0 Å². The van der Waals surface area contributed by atoms with Crippen molar-refractivity contribution in [2.45, 2.75) is 18.4 Å². The number of anilines is 2. The summed E-state index contributed by atoms with van der Waals surface area (Å²) in [6.07, 6.45) is 1.28. The van der Waals surface area contributed by atoms with Gasteiger partial charge in [0.2, 0.25) is 0 Å². The van der Waals surface area contributed by atoms with Crippen molar-refractivity contribution < 1.29 is 8.42 Å². The van der Waals surface area contributed by atoms with Gasteiger partial charge in [0.25, 0.3) is 10.0 Å². The predicted octanol–water partition coefficient (Wildman–Crippen LogP) is 1.10. The van der Waals surface area contributed by atoms with Crippen LogP contribution in [0, 0.1) is 6.92 Å². The maximum absolute atomic E-state index is 11.9. The molecule has 108 valence electrons. The number of hydrogen-bond acceptors (Lipinski definition) is 6. The highest BCUT2D eigenvalue weighted by Gasteiger charge is 2.25. The van der Waals surface area contributed by atoms with Crippen LogP contribution >= 0.6 is 0 Å². The number of sulfonamides is 1. The molecule has 0 saturated carbocycles. The standard InChI is InChI=1S/C13H13N5O2S/c1-9-6-12(14)17-13(16-9)7-18-8-15-21(19,20)11-5-3-2-4-10(11)18/h2-6,8H,7H2,1H3,(H2,14,16,17). The van der Waals surface area contributed by atoms with Gasteiger partial charge in [-0.15, -0.1) is 4.40 Å². The lowest BCUT2D eigenvalue weighted by Gasteiger charge is -2.24. The molecule has 0 spiro atoms. The van der Waals surface area contributed by atoms with Crippen LogP contribution in [0.4, 0.5) is 11.5 Å². The van der Waals surface area contributed by atoms with Crippen LogP contribution in [0.15, 0.2) is 39.6 Å². The van der Waals surface area contributed by atoms with Crippen molar-refractivity contribution in [3.8, 4) is 0 Å². The molecule has 0 aliphatic carbocycles. The Bertz CT molecular complexity index is 812. The smallest absolute Gasteiger partial charge is 0.285 e. The number of nitrogens with zero attached hydrogens (tertiary/aromatic N) is 4. The molecular formula is C13H13N5O2S. The molecule has 0 fully saturated rings. The molecule has 0 unspecified atom stereocenters. The monoisotopic (exact) mass is 303 g/mol. The van der Waals surface area contributed by atoms with E-state index >= 15 is 0 Å². The highest BCUT2D eigenvalue weighted by atomic mass is 32.2. The molecule has 2 N–H and O–H groups in total. The molecule has 8 heteroatoms. The number of hydrogen-bond donors (Lipinski definition) is 1. The van der Waals surface area contributed by atoms with Gasteiger partial charge in [0.05, 0.1) is 12.2 Å². The Morgan fingerprint density at radius 1 is 1.24 bits per heavy atom. The minimum Gasteiger partial charge on any atom is -0.384 e. The van der Waals surface area contributed by atoms with Crippen LogP contribution in [0.1, 0.15) is 11.5 Å². The molecule has 0 amide bonds. The predicted molar refractivity (Wildman–Crippen MR) is 79.5 cm³/mol. The van der Waals surface area contributed by atoms with Crippen LogP contribution in [0.25, 0.3) is 0 Å². The minimum atomic E-state index is -3.62. The third-order valence-corrected chi connectivity index (χ3v) is 4.28. The second kappa shape index (κ2) is 4.81. The van der Waals surface area contributed by atoms with E-state index < -0.39 is 10.0 Å². The first kappa shape index (κ1) is 13.5. The zero-order valence-corrected chi connectivity index (χ0v) is 12.1. The molecule has 2 heterocycles. The molecule has 0 saturated heterocycles. The third-order valence-electron chi connectivity index (χ3n) is 3.01. The van der Waals surface area contributed by atoms with Gasteiger partial charge >= 0.3 is 0 Å². The fourth-order valence-corrected chi connectivity index (χ4v) is 3.21. The summed E-state index contributed by atoms with van der Waals surface area (Å²) in [5, 5.41) is 0. The Morgan fingerprint density at radius 2 is 2.00 bits per heavy atom. The van der Waals surface area contributed by atoms with Gasteiger partial charge < -0.3 is 10.6 Å². The topological polar surface area (TPSA) is 102 Å². The van der Waals surface area contributed by atoms with Crippen LogP contribution in [0.3, 0.4) is 0 Å². The fourth-order valence-electron chi connectivity index (χ4n) is 2.16. The minimum absolute atomic E-state index is 0.174. The molecule has 0 radical (unpaired) electrons. The van der Waals surface area contributed by atoms with Crippen LogP contribution in [0.5, 0.6) is 0 Å². The maximum atomic E-state index is 11.9. The van der Waals surface area contributed by atoms with E-state index in [1.54, 1.807) is 29.2 Å². The highest BCUT2D eigenvalue weighted by Crippen LogP contribution is 2.29. The Morgan fingerprint density at radius 3 is 2.76 bits per heavy atom. The van der Waals surface area contributed by atoms with Gasteiger partial charge in [-0.05, 0) is 19.1 Å². The zero-order chi connectivity index (χ0) is 15.0. The molecule has 1 aromatic heterocycles. The summed E-state index contributed by atoms with van der Waals surface area (Å²) >= 11 is 0. The molecule has 21 heavy (non-hydrogen) atoms. The number of benzene rings is 1. The number of rotatable bonds is 2. The van der Waals surface area contributed by atoms with Crippen LogP contribution in [0.2, 0.25) is 0 Å². The highest BCUT2D eigenvalue weighted by molar-refractivity contribution is 7.90. The lowest BCUT2D eigenvalue weighted by Crippen LogP contribution is -2.27. The maximum Gasteiger partial charge on any atom is 0.285 e. The number of aryl methyl sites for hydroxylation is 1. The summed E-state index contributed by atoms with van der Waals surface area (Å²) < 4.78 is 27.4. The Labute approximate surface area is 122 Å². The second-order valence-electron chi connectivity index (χ2n) is 4.64. The zero-order valence-electron chi connectivity index (χ0n) is 11.3. The van der Waals surface area contributed by atoms with Crippen molar-refractivity contribution in [1.82, 2.24) is 9.97 Å². The Hall–Kier alpha value is -2.48. The van der Waals surface area contributed by atoms with Gasteiger partial charge in [0, 0.05) is 11.8 Å². The number of aromatic nitrogens is 2. The molecule has 0 atom stereocenters. The summed E-state index contributed by atoms with van der Waals surface area (Å²) in [5.74, 6) is 0.889. The van der Waals surface area contributed by atoms with Gasteiger partial charge in [-0.3, -0.25) is 0 Å². The van der Waals surface area contributed by atoms with Gasteiger partial charge in [-0.1, -0.05) is 12.1 Å². The number of para-hydroxylation sites is 1. The van der Waals surface area contributed by atoms with E-state index in [1.807, 2.05) is 6.92 Å². The SMILES string of the molecule is Cc1cc(N)nc(CN2C=NS(=O)(=O)c3ccccc32)n1. The van der Waals surface area contributed by atoms with E-state index in [4.69, 9.17) is 5.73 Å². The Balaban J connectivity index is 2.01. The quantitative estimate of drug-likeness (QED) is 0.891. The lowest BCUT2D eigenvalue weighted by atomic mass is 10.3. The summed E-state index contributed by atoms with van der Waals surface area (Å²) in [6, 6.07) is 8.35. The first-order valence-corrected chi connectivity index (χ1v) is 7.66. The average Bonchev–Trinajstić information content (AvgIpc) is 2.41. The van der Waals surface area contributed by atoms with Gasteiger partial charge in [0.1, 0.15) is 17.1 Å². The first-order valence-electron chi connectivity index (χ1n) is 6.22. The number of fused-ring (bicyclic) bond motifs is 1. The van der Waals surface area contributed by atoms with Crippen LogP contribution in [-0.2, 0) is 16.6 Å². The van der Waals surface area contributed by atoms with Gasteiger partial charge in [-0.2, -0.15) is 8.42 Å². The molecule has 7 nitrogen and oxygen atoms in total.